The first-order chi connectivity index (χ1) is 7.25. The summed E-state index contributed by atoms with van der Waals surface area (Å²) in [5, 5.41) is 0. The van der Waals surface area contributed by atoms with E-state index in [9.17, 15) is 9.59 Å². The minimum absolute atomic E-state index is 0.254. The summed E-state index contributed by atoms with van der Waals surface area (Å²) in [5.74, 6) is 1.63. The molecule has 0 heterocycles. The Hall–Kier alpha value is -0.920. The maximum atomic E-state index is 11.6. The zero-order chi connectivity index (χ0) is 10.4. The largest absolute Gasteiger partial charge is 0.300 e. The van der Waals surface area contributed by atoms with E-state index in [1.54, 1.807) is 0 Å². The molecule has 0 radical (unpaired) electrons. The Morgan fingerprint density at radius 3 is 2.53 bits per heavy atom. The highest BCUT2D eigenvalue weighted by Gasteiger charge is 2.39. The number of carbonyl (C=O) groups excluding carboxylic acids is 2. The van der Waals surface area contributed by atoms with Crippen LogP contribution in [0.5, 0.6) is 0 Å². The molecule has 0 N–H and O–H groups in total. The molecule has 2 saturated carbocycles. The lowest BCUT2D eigenvalue weighted by molar-refractivity contribution is -0.120. The van der Waals surface area contributed by atoms with E-state index >= 15 is 0 Å². The first kappa shape index (κ1) is 9.32. The van der Waals surface area contributed by atoms with Gasteiger partial charge in [-0.3, -0.25) is 9.59 Å². The third-order valence-corrected chi connectivity index (χ3v) is 4.31. The van der Waals surface area contributed by atoms with E-state index in [0.717, 1.165) is 44.9 Å². The van der Waals surface area contributed by atoms with Crippen molar-refractivity contribution in [3.05, 3.63) is 11.1 Å². The van der Waals surface area contributed by atoms with Crippen LogP contribution in [0.25, 0.3) is 0 Å². The minimum Gasteiger partial charge on any atom is -0.300 e. The zero-order valence-corrected chi connectivity index (χ0v) is 8.92. The highest BCUT2D eigenvalue weighted by Crippen LogP contribution is 2.46. The van der Waals surface area contributed by atoms with Gasteiger partial charge in [0.1, 0.15) is 11.6 Å². The summed E-state index contributed by atoms with van der Waals surface area (Å²) in [5.41, 5.74) is 2.93. The van der Waals surface area contributed by atoms with Crippen LogP contribution in [0.1, 0.15) is 44.9 Å². The molecule has 2 fully saturated rings. The topological polar surface area (TPSA) is 34.1 Å². The van der Waals surface area contributed by atoms with E-state index in [2.05, 4.69) is 0 Å². The lowest BCUT2D eigenvalue weighted by Gasteiger charge is -2.33. The van der Waals surface area contributed by atoms with Gasteiger partial charge >= 0.3 is 0 Å². The number of allylic oxidation sites excluding steroid dienone is 2. The summed E-state index contributed by atoms with van der Waals surface area (Å²) >= 11 is 0. The Kier molecular flexibility index (Phi) is 2.04. The normalized spacial score (nSPS) is 35.5. The summed E-state index contributed by atoms with van der Waals surface area (Å²) in [6.07, 6.45) is 6.24. The molecule has 0 saturated heterocycles. The fourth-order valence-electron chi connectivity index (χ4n) is 3.57. The molecule has 15 heavy (non-hydrogen) atoms. The van der Waals surface area contributed by atoms with Gasteiger partial charge in [0.2, 0.25) is 0 Å². The molecule has 0 aliphatic heterocycles. The van der Waals surface area contributed by atoms with Crippen molar-refractivity contribution in [3.8, 4) is 0 Å². The molecule has 3 aliphatic carbocycles. The van der Waals surface area contributed by atoms with Gasteiger partial charge in [0.05, 0.1) is 0 Å². The van der Waals surface area contributed by atoms with Crippen LogP contribution in [-0.2, 0) is 9.59 Å². The quantitative estimate of drug-likeness (QED) is 0.568. The Balaban J connectivity index is 1.96. The van der Waals surface area contributed by atoms with Gasteiger partial charge in [0.25, 0.3) is 0 Å². The van der Waals surface area contributed by atoms with Gasteiger partial charge in [-0.15, -0.1) is 0 Å². The number of fused-ring (bicyclic) bond motifs is 2. The predicted octanol–water partition coefficient (Wildman–Crippen LogP) is 2.43. The van der Waals surface area contributed by atoms with Gasteiger partial charge in [0.15, 0.2) is 0 Å². The molecule has 2 unspecified atom stereocenters. The second kappa shape index (κ2) is 3.29. The van der Waals surface area contributed by atoms with Crippen LogP contribution in [0.15, 0.2) is 11.1 Å². The molecule has 2 atom stereocenters. The van der Waals surface area contributed by atoms with E-state index in [1.165, 1.54) is 11.1 Å². The third-order valence-electron chi connectivity index (χ3n) is 4.31. The van der Waals surface area contributed by atoms with Crippen LogP contribution in [-0.4, -0.2) is 11.6 Å². The number of rotatable bonds is 0. The molecular weight excluding hydrogens is 188 g/mol. The maximum absolute atomic E-state index is 11.6. The average molecular weight is 204 g/mol. The summed E-state index contributed by atoms with van der Waals surface area (Å²) in [7, 11) is 0. The smallest absolute Gasteiger partial charge is 0.140 e. The minimum atomic E-state index is 0.254. The second-order valence-corrected chi connectivity index (χ2v) is 5.09. The van der Waals surface area contributed by atoms with Crippen molar-refractivity contribution in [1.82, 2.24) is 0 Å². The Morgan fingerprint density at radius 2 is 1.67 bits per heavy atom. The SMILES string of the molecule is O=C1CCC2=C3CCC(=O)C3CCC2C1. The number of hydrogen-bond donors (Lipinski definition) is 0. The number of Topliss-reactive ketones (excluding diaryl/α,β-unsaturated/α-hetero) is 2. The molecule has 0 aromatic carbocycles. The van der Waals surface area contributed by atoms with Crippen LogP contribution in [0.3, 0.4) is 0 Å². The summed E-state index contributed by atoms with van der Waals surface area (Å²) in [4.78, 5) is 23.0. The Labute approximate surface area is 89.7 Å². The molecule has 0 aromatic rings. The van der Waals surface area contributed by atoms with Crippen LogP contribution < -0.4 is 0 Å². The molecular formula is C13H16O2. The van der Waals surface area contributed by atoms with E-state index in [0.29, 0.717) is 17.5 Å². The standard InChI is InChI=1S/C13H16O2/c14-9-2-4-10-8(7-9)1-3-12-11(10)5-6-13(12)15/h8,12H,1-7H2. The van der Waals surface area contributed by atoms with Gasteiger partial charge < -0.3 is 0 Å². The van der Waals surface area contributed by atoms with Gasteiger partial charge in [-0.25, -0.2) is 0 Å². The number of carbonyl (C=O) groups is 2. The lowest BCUT2D eigenvalue weighted by atomic mass is 9.71. The van der Waals surface area contributed by atoms with E-state index in [-0.39, 0.29) is 5.92 Å². The second-order valence-electron chi connectivity index (χ2n) is 5.09. The van der Waals surface area contributed by atoms with E-state index in [4.69, 9.17) is 0 Å². The molecule has 2 heteroatoms. The summed E-state index contributed by atoms with van der Waals surface area (Å²) in [6, 6.07) is 0. The van der Waals surface area contributed by atoms with Crippen molar-refractivity contribution in [2.24, 2.45) is 11.8 Å². The first-order valence-electron chi connectivity index (χ1n) is 6.02. The van der Waals surface area contributed by atoms with Gasteiger partial charge in [0, 0.05) is 25.2 Å². The molecule has 0 bridgehead atoms. The molecule has 2 nitrogen and oxygen atoms in total. The van der Waals surface area contributed by atoms with Crippen molar-refractivity contribution >= 4 is 11.6 Å². The van der Waals surface area contributed by atoms with E-state index < -0.39 is 0 Å². The molecule has 80 valence electrons. The Bertz CT molecular complexity index is 365. The first-order valence-corrected chi connectivity index (χ1v) is 6.02. The van der Waals surface area contributed by atoms with Crippen LogP contribution in [0.2, 0.25) is 0 Å². The lowest BCUT2D eigenvalue weighted by Crippen LogP contribution is -2.26. The monoisotopic (exact) mass is 204 g/mol. The van der Waals surface area contributed by atoms with Crippen molar-refractivity contribution in [2.75, 3.05) is 0 Å². The molecule has 3 rings (SSSR count). The molecule has 0 aromatic heterocycles. The number of hydrogen-bond acceptors (Lipinski definition) is 2. The highest BCUT2D eigenvalue weighted by atomic mass is 16.1. The zero-order valence-electron chi connectivity index (χ0n) is 8.92. The summed E-state index contributed by atoms with van der Waals surface area (Å²) < 4.78 is 0. The highest BCUT2D eigenvalue weighted by molar-refractivity contribution is 5.88. The third kappa shape index (κ3) is 1.38. The fourth-order valence-corrected chi connectivity index (χ4v) is 3.57. The van der Waals surface area contributed by atoms with Crippen LogP contribution in [0, 0.1) is 11.8 Å². The predicted molar refractivity (Wildman–Crippen MR) is 56.3 cm³/mol. The van der Waals surface area contributed by atoms with Gasteiger partial charge in [-0.05, 0) is 31.6 Å². The van der Waals surface area contributed by atoms with Crippen LogP contribution in [0.4, 0.5) is 0 Å². The van der Waals surface area contributed by atoms with Crippen molar-refractivity contribution in [3.63, 3.8) is 0 Å². The Morgan fingerprint density at radius 1 is 0.867 bits per heavy atom. The molecule has 0 amide bonds. The maximum Gasteiger partial charge on any atom is 0.140 e. The van der Waals surface area contributed by atoms with Crippen molar-refractivity contribution < 1.29 is 9.59 Å². The summed E-state index contributed by atoms with van der Waals surface area (Å²) in [6.45, 7) is 0. The number of ketones is 2. The fraction of sp³-hybridized carbons (Fsp3) is 0.692. The van der Waals surface area contributed by atoms with Crippen LogP contribution >= 0.6 is 0 Å². The van der Waals surface area contributed by atoms with Gasteiger partial charge in [-0.2, -0.15) is 0 Å². The van der Waals surface area contributed by atoms with E-state index in [1.807, 2.05) is 0 Å². The molecule has 3 aliphatic rings. The van der Waals surface area contributed by atoms with Crippen molar-refractivity contribution in [2.45, 2.75) is 44.9 Å². The molecule has 0 spiro atoms. The average Bonchev–Trinajstić information content (AvgIpc) is 2.60. The van der Waals surface area contributed by atoms with Crippen molar-refractivity contribution in [1.29, 1.82) is 0 Å². The van der Waals surface area contributed by atoms with Gasteiger partial charge in [-0.1, -0.05) is 11.1 Å².